The monoisotopic (exact) mass is 245 g/mol. The van der Waals surface area contributed by atoms with Crippen molar-refractivity contribution >= 4 is 5.82 Å². The number of hydrogen-bond acceptors (Lipinski definition) is 3. The van der Waals surface area contributed by atoms with Crippen LogP contribution in [-0.4, -0.2) is 25.1 Å². The Bertz CT molecular complexity index is 382. The van der Waals surface area contributed by atoms with E-state index >= 15 is 0 Å². The summed E-state index contributed by atoms with van der Waals surface area (Å²) >= 11 is 0. The Kier molecular flexibility index (Phi) is 3.50. The summed E-state index contributed by atoms with van der Waals surface area (Å²) in [7, 11) is 1.97. The number of nitrogens with zero attached hydrogens (tertiary/aromatic N) is 2. The van der Waals surface area contributed by atoms with E-state index in [4.69, 9.17) is 4.98 Å². The molecule has 0 unspecified atom stereocenters. The van der Waals surface area contributed by atoms with Gasteiger partial charge in [-0.15, -0.1) is 0 Å². The maximum absolute atomic E-state index is 4.79. The normalized spacial score (nSPS) is 18.9. The SMILES string of the molecule is CNCc1cccc(N(CC2CC2)CC2CC2)n1. The second kappa shape index (κ2) is 5.27. The maximum Gasteiger partial charge on any atom is 0.128 e. The summed E-state index contributed by atoms with van der Waals surface area (Å²) in [5.74, 6) is 3.04. The lowest BCUT2D eigenvalue weighted by atomic mass is 10.2. The number of nitrogens with one attached hydrogen (secondary N) is 1. The van der Waals surface area contributed by atoms with Crippen LogP contribution < -0.4 is 10.2 Å². The predicted molar refractivity (Wildman–Crippen MR) is 74.7 cm³/mol. The Morgan fingerprint density at radius 3 is 2.39 bits per heavy atom. The average molecular weight is 245 g/mol. The van der Waals surface area contributed by atoms with Gasteiger partial charge in [0, 0.05) is 19.6 Å². The number of rotatable bonds is 7. The minimum Gasteiger partial charge on any atom is -0.356 e. The molecule has 0 aliphatic heterocycles. The van der Waals surface area contributed by atoms with Crippen LogP contribution in [0.5, 0.6) is 0 Å². The Morgan fingerprint density at radius 1 is 1.17 bits per heavy atom. The van der Waals surface area contributed by atoms with Crippen LogP contribution >= 0.6 is 0 Å². The van der Waals surface area contributed by atoms with Gasteiger partial charge in [0.2, 0.25) is 0 Å². The first-order chi connectivity index (χ1) is 8.85. The summed E-state index contributed by atoms with van der Waals surface area (Å²) in [5.41, 5.74) is 1.14. The fourth-order valence-corrected chi connectivity index (χ4v) is 2.41. The van der Waals surface area contributed by atoms with Gasteiger partial charge < -0.3 is 10.2 Å². The second-order valence-electron chi connectivity index (χ2n) is 5.81. The van der Waals surface area contributed by atoms with Crippen molar-refractivity contribution in [2.24, 2.45) is 11.8 Å². The third kappa shape index (κ3) is 3.22. The fraction of sp³-hybridized carbons (Fsp3) is 0.667. The lowest BCUT2D eigenvalue weighted by molar-refractivity contribution is 0.667. The molecule has 0 spiro atoms. The van der Waals surface area contributed by atoms with Crippen LogP contribution in [0.1, 0.15) is 31.4 Å². The van der Waals surface area contributed by atoms with E-state index < -0.39 is 0 Å². The van der Waals surface area contributed by atoms with Crippen LogP contribution in [0.25, 0.3) is 0 Å². The first-order valence-electron chi connectivity index (χ1n) is 7.20. The molecule has 0 amide bonds. The van der Waals surface area contributed by atoms with Gasteiger partial charge in [-0.25, -0.2) is 4.98 Å². The van der Waals surface area contributed by atoms with Crippen molar-refractivity contribution in [3.8, 4) is 0 Å². The molecule has 98 valence electrons. The van der Waals surface area contributed by atoms with Crippen molar-refractivity contribution < 1.29 is 0 Å². The molecule has 0 saturated heterocycles. The Morgan fingerprint density at radius 2 is 1.83 bits per heavy atom. The van der Waals surface area contributed by atoms with E-state index in [1.165, 1.54) is 44.6 Å². The van der Waals surface area contributed by atoms with Gasteiger partial charge in [0.05, 0.1) is 5.69 Å². The highest BCUT2D eigenvalue weighted by atomic mass is 15.2. The average Bonchev–Trinajstić information content (AvgIpc) is 3.24. The molecule has 3 heteroatoms. The molecule has 0 radical (unpaired) electrons. The van der Waals surface area contributed by atoms with Crippen molar-refractivity contribution in [3.63, 3.8) is 0 Å². The van der Waals surface area contributed by atoms with E-state index in [1.54, 1.807) is 0 Å². The highest BCUT2D eigenvalue weighted by Gasteiger charge is 2.29. The number of aromatic nitrogens is 1. The Hall–Kier alpha value is -1.09. The Labute approximate surface area is 110 Å². The van der Waals surface area contributed by atoms with E-state index in [1.807, 2.05) is 7.05 Å². The largest absolute Gasteiger partial charge is 0.356 e. The third-order valence-corrected chi connectivity index (χ3v) is 3.82. The third-order valence-electron chi connectivity index (χ3n) is 3.82. The van der Waals surface area contributed by atoms with Gasteiger partial charge in [-0.3, -0.25) is 0 Å². The van der Waals surface area contributed by atoms with E-state index in [0.29, 0.717) is 0 Å². The number of anilines is 1. The minimum absolute atomic E-state index is 0.856. The molecule has 0 bridgehead atoms. The molecule has 2 saturated carbocycles. The molecular formula is C15H23N3. The van der Waals surface area contributed by atoms with Crippen LogP contribution in [0.4, 0.5) is 5.82 Å². The smallest absolute Gasteiger partial charge is 0.128 e. The molecule has 2 aliphatic carbocycles. The fourth-order valence-electron chi connectivity index (χ4n) is 2.41. The molecule has 1 aromatic heterocycles. The second-order valence-corrected chi connectivity index (χ2v) is 5.81. The van der Waals surface area contributed by atoms with E-state index in [-0.39, 0.29) is 0 Å². The maximum atomic E-state index is 4.79. The zero-order valence-corrected chi connectivity index (χ0v) is 11.2. The molecule has 0 aromatic carbocycles. The van der Waals surface area contributed by atoms with Crippen LogP contribution in [0.15, 0.2) is 18.2 Å². The molecule has 1 heterocycles. The van der Waals surface area contributed by atoms with Crippen LogP contribution in [-0.2, 0) is 6.54 Å². The number of hydrogen-bond donors (Lipinski definition) is 1. The van der Waals surface area contributed by atoms with Gasteiger partial charge in [-0.1, -0.05) is 6.07 Å². The molecule has 18 heavy (non-hydrogen) atoms. The summed E-state index contributed by atoms with van der Waals surface area (Å²) in [6.07, 6.45) is 5.66. The summed E-state index contributed by atoms with van der Waals surface area (Å²) in [4.78, 5) is 7.31. The molecular weight excluding hydrogens is 222 g/mol. The van der Waals surface area contributed by atoms with Crippen molar-refractivity contribution in [3.05, 3.63) is 23.9 Å². The highest BCUT2D eigenvalue weighted by Crippen LogP contribution is 2.35. The highest BCUT2D eigenvalue weighted by molar-refractivity contribution is 5.40. The molecule has 2 fully saturated rings. The minimum atomic E-state index is 0.856. The molecule has 3 nitrogen and oxygen atoms in total. The first kappa shape index (κ1) is 12.0. The van der Waals surface area contributed by atoms with Crippen LogP contribution in [0.3, 0.4) is 0 Å². The zero-order valence-electron chi connectivity index (χ0n) is 11.2. The predicted octanol–water partition coefficient (Wildman–Crippen LogP) is 2.43. The Balaban J connectivity index is 1.71. The van der Waals surface area contributed by atoms with Gasteiger partial charge in [0.25, 0.3) is 0 Å². The number of pyridine rings is 1. The molecule has 1 aromatic rings. The topological polar surface area (TPSA) is 28.2 Å². The van der Waals surface area contributed by atoms with Crippen molar-refractivity contribution in [2.75, 3.05) is 25.0 Å². The molecule has 2 aliphatic rings. The van der Waals surface area contributed by atoms with E-state index in [9.17, 15) is 0 Å². The quantitative estimate of drug-likeness (QED) is 0.799. The summed E-state index contributed by atoms with van der Waals surface area (Å²) in [6, 6.07) is 6.41. The van der Waals surface area contributed by atoms with Crippen molar-refractivity contribution in [2.45, 2.75) is 32.2 Å². The molecule has 1 N–H and O–H groups in total. The van der Waals surface area contributed by atoms with Gasteiger partial charge in [0.1, 0.15) is 5.82 Å². The first-order valence-corrected chi connectivity index (χ1v) is 7.20. The van der Waals surface area contributed by atoms with Crippen LogP contribution in [0, 0.1) is 11.8 Å². The van der Waals surface area contributed by atoms with Gasteiger partial charge >= 0.3 is 0 Å². The molecule has 3 rings (SSSR count). The van der Waals surface area contributed by atoms with Crippen molar-refractivity contribution in [1.29, 1.82) is 0 Å². The van der Waals surface area contributed by atoms with E-state index in [0.717, 1.165) is 24.1 Å². The summed E-state index contributed by atoms with van der Waals surface area (Å²) in [5, 5.41) is 3.18. The van der Waals surface area contributed by atoms with Gasteiger partial charge in [0.15, 0.2) is 0 Å². The van der Waals surface area contributed by atoms with Crippen LogP contribution in [0.2, 0.25) is 0 Å². The lowest BCUT2D eigenvalue weighted by Gasteiger charge is -2.24. The summed E-state index contributed by atoms with van der Waals surface area (Å²) < 4.78 is 0. The van der Waals surface area contributed by atoms with Gasteiger partial charge in [-0.05, 0) is 56.7 Å². The molecule has 0 atom stereocenters. The standard InChI is InChI=1S/C15H23N3/c1-16-9-14-3-2-4-15(17-14)18(10-12-5-6-12)11-13-7-8-13/h2-4,12-13,16H,5-11H2,1H3. The zero-order chi connectivity index (χ0) is 12.4. The van der Waals surface area contributed by atoms with Gasteiger partial charge in [-0.2, -0.15) is 0 Å². The summed E-state index contributed by atoms with van der Waals surface area (Å²) in [6.45, 7) is 3.29. The lowest BCUT2D eigenvalue weighted by Crippen LogP contribution is -2.29. The van der Waals surface area contributed by atoms with Crippen molar-refractivity contribution in [1.82, 2.24) is 10.3 Å². The van der Waals surface area contributed by atoms with E-state index in [2.05, 4.69) is 28.4 Å².